The van der Waals surface area contributed by atoms with E-state index in [4.69, 9.17) is 4.98 Å². The van der Waals surface area contributed by atoms with Crippen LogP contribution in [0.1, 0.15) is 91.5 Å². The Balaban J connectivity index is 0.00000384. The van der Waals surface area contributed by atoms with E-state index in [9.17, 15) is 0 Å². The van der Waals surface area contributed by atoms with Gasteiger partial charge in [0.2, 0.25) is 0 Å². The summed E-state index contributed by atoms with van der Waals surface area (Å²) in [7, 11) is 0. The van der Waals surface area contributed by atoms with Gasteiger partial charge in [-0.05, 0) is 103 Å². The van der Waals surface area contributed by atoms with Crippen molar-refractivity contribution < 1.29 is 21.1 Å². The summed E-state index contributed by atoms with van der Waals surface area (Å²) in [6.45, 7) is 0. The number of benzene rings is 4. The predicted octanol–water partition coefficient (Wildman–Crippen LogP) is 12.5. The fourth-order valence-corrected chi connectivity index (χ4v) is 10.8. The molecule has 4 aliphatic rings. The average molecular weight is 884 g/mol. The molecule has 54 heavy (non-hydrogen) atoms. The van der Waals surface area contributed by atoms with Gasteiger partial charge in [-0.1, -0.05) is 109 Å². The molecule has 272 valence electrons. The van der Waals surface area contributed by atoms with Crippen molar-refractivity contribution in [2.45, 2.75) is 89.4 Å². The molecule has 0 bridgehead atoms. The summed E-state index contributed by atoms with van der Waals surface area (Å²) in [5.41, 5.74) is 16.5. The van der Waals surface area contributed by atoms with Crippen LogP contribution in [0, 0.1) is 29.4 Å². The Morgan fingerprint density at radius 2 is 1.02 bits per heavy atom. The first kappa shape index (κ1) is 35.6. The van der Waals surface area contributed by atoms with E-state index in [0.717, 1.165) is 71.2 Å². The van der Waals surface area contributed by atoms with Crippen molar-refractivity contribution in [3.63, 3.8) is 0 Å². The van der Waals surface area contributed by atoms with E-state index < -0.39 is 0 Å². The van der Waals surface area contributed by atoms with Crippen LogP contribution in [-0.2, 0) is 46.7 Å². The van der Waals surface area contributed by atoms with Crippen LogP contribution in [0.25, 0.3) is 44.8 Å². The van der Waals surface area contributed by atoms with Crippen LogP contribution in [0.3, 0.4) is 0 Å². The molecule has 0 saturated heterocycles. The molecule has 0 N–H and O–H groups in total. The van der Waals surface area contributed by atoms with E-state index in [0.29, 0.717) is 5.92 Å². The van der Waals surface area contributed by atoms with Gasteiger partial charge in [0.05, 0.1) is 0 Å². The second kappa shape index (κ2) is 15.2. The summed E-state index contributed by atoms with van der Waals surface area (Å²) in [4.78, 5) is 9.59. The first-order chi connectivity index (χ1) is 26.2. The van der Waals surface area contributed by atoms with Gasteiger partial charge in [-0.2, -0.15) is 0 Å². The summed E-state index contributed by atoms with van der Waals surface area (Å²) >= 11 is 0. The fraction of sp³-hybridized carbons (Fsp3) is 0.333. The van der Waals surface area contributed by atoms with Gasteiger partial charge in [-0.3, -0.25) is 9.97 Å². The SMILES string of the molecule is [Pt+2].[c-]1c(-c2ccccn2)cccc1-c1cc2c(cc1-c1[c-]c(-c3cc(C4CCC(C5CCCCC5)CC4)ccn3)ccc1)CC1(Cc3ccccc3C1)C2. The Morgan fingerprint density at radius 1 is 0.463 bits per heavy atom. The molecule has 0 radical (unpaired) electrons. The monoisotopic (exact) mass is 883 g/mol. The normalized spacial score (nSPS) is 20.3. The Kier molecular flexibility index (Phi) is 10.0. The molecule has 2 heterocycles. The minimum Gasteiger partial charge on any atom is -0.295 e. The second-order valence-corrected chi connectivity index (χ2v) is 16.8. The number of hydrogen-bond acceptors (Lipinski definition) is 2. The molecule has 4 aliphatic carbocycles. The third kappa shape index (κ3) is 6.97. The van der Waals surface area contributed by atoms with Crippen molar-refractivity contribution in [1.82, 2.24) is 9.97 Å². The molecule has 2 nitrogen and oxygen atoms in total. The van der Waals surface area contributed by atoms with Gasteiger partial charge in [-0.25, -0.2) is 0 Å². The van der Waals surface area contributed by atoms with E-state index in [-0.39, 0.29) is 26.5 Å². The Bertz CT molecular complexity index is 2240. The largest absolute Gasteiger partial charge is 2.00 e. The third-order valence-corrected chi connectivity index (χ3v) is 13.5. The van der Waals surface area contributed by atoms with Gasteiger partial charge in [0.1, 0.15) is 0 Å². The summed E-state index contributed by atoms with van der Waals surface area (Å²) in [5, 5.41) is 0. The zero-order valence-corrected chi connectivity index (χ0v) is 33.4. The molecule has 2 fully saturated rings. The van der Waals surface area contributed by atoms with Crippen molar-refractivity contribution in [3.05, 3.63) is 155 Å². The van der Waals surface area contributed by atoms with E-state index >= 15 is 0 Å². The molecule has 6 aromatic rings. The maximum Gasteiger partial charge on any atom is 2.00 e. The van der Waals surface area contributed by atoms with Crippen molar-refractivity contribution in [3.8, 4) is 44.8 Å². The quantitative estimate of drug-likeness (QED) is 0.156. The summed E-state index contributed by atoms with van der Waals surface area (Å²) in [6, 6.07) is 45.6. The predicted molar refractivity (Wildman–Crippen MR) is 216 cm³/mol. The molecule has 0 amide bonds. The van der Waals surface area contributed by atoms with Crippen LogP contribution in [0.4, 0.5) is 0 Å². The number of hydrogen-bond donors (Lipinski definition) is 0. The van der Waals surface area contributed by atoms with Crippen LogP contribution in [-0.4, -0.2) is 9.97 Å². The zero-order valence-electron chi connectivity index (χ0n) is 31.1. The molecule has 3 heteroatoms. The number of fused-ring (bicyclic) bond motifs is 2. The van der Waals surface area contributed by atoms with Crippen LogP contribution < -0.4 is 0 Å². The Morgan fingerprint density at radius 3 is 1.65 bits per heavy atom. The number of rotatable bonds is 6. The topological polar surface area (TPSA) is 25.8 Å². The molecule has 4 aromatic carbocycles. The van der Waals surface area contributed by atoms with E-state index in [1.54, 1.807) is 0 Å². The number of pyridine rings is 2. The first-order valence-electron chi connectivity index (χ1n) is 20.3. The van der Waals surface area contributed by atoms with Crippen LogP contribution in [0.15, 0.2) is 116 Å². The Labute approximate surface area is 336 Å². The molecule has 1 spiro atoms. The first-order valence-corrected chi connectivity index (χ1v) is 20.3. The summed E-state index contributed by atoms with van der Waals surface area (Å²) < 4.78 is 0. The van der Waals surface area contributed by atoms with Gasteiger partial charge in [0, 0.05) is 23.8 Å². The van der Waals surface area contributed by atoms with Crippen LogP contribution >= 0.6 is 0 Å². The maximum absolute atomic E-state index is 4.93. The minimum absolute atomic E-state index is 0. The van der Waals surface area contributed by atoms with E-state index in [1.807, 2.05) is 18.5 Å². The average Bonchev–Trinajstić information content (AvgIpc) is 3.78. The molecule has 0 unspecified atom stereocenters. The van der Waals surface area contributed by atoms with Crippen molar-refractivity contribution >= 4 is 0 Å². The summed E-state index contributed by atoms with van der Waals surface area (Å²) in [6.07, 6.45) is 21.2. The molecule has 2 aromatic heterocycles. The van der Waals surface area contributed by atoms with Crippen LogP contribution in [0.2, 0.25) is 0 Å². The standard InChI is InChI=1S/C51H48N2.Pt/c1-2-10-35(11-3-1)36-19-21-37(22-20-36)38-23-25-53-50(30-38)42-17-9-15-40(27-42)48-29-46-34-51(31-43-12-4-5-13-44(43)32-51)33-45(46)28-47(48)39-14-8-16-41(26-39)49-18-6-7-24-52-49;/h4-9,12-18,23-25,28-30,35-37H,1-3,10-11,19-22,31-34H2;/q-2;+2. The van der Waals surface area contributed by atoms with Crippen molar-refractivity contribution in [2.75, 3.05) is 0 Å². The van der Waals surface area contributed by atoms with Gasteiger partial charge in [-0.15, -0.1) is 70.8 Å². The zero-order chi connectivity index (χ0) is 35.2. The summed E-state index contributed by atoms with van der Waals surface area (Å²) in [5.74, 6) is 2.56. The fourth-order valence-electron chi connectivity index (χ4n) is 10.8. The van der Waals surface area contributed by atoms with Crippen molar-refractivity contribution in [1.29, 1.82) is 0 Å². The van der Waals surface area contributed by atoms with Gasteiger partial charge < -0.3 is 0 Å². The Hall–Kier alpha value is -4.13. The van der Waals surface area contributed by atoms with E-state index in [2.05, 4.69) is 114 Å². The van der Waals surface area contributed by atoms with E-state index in [1.165, 1.54) is 96.7 Å². The number of nitrogens with zero attached hydrogens (tertiary/aromatic N) is 2. The van der Waals surface area contributed by atoms with Gasteiger partial charge >= 0.3 is 21.1 Å². The minimum atomic E-state index is 0. The molecule has 0 aliphatic heterocycles. The molecular weight excluding hydrogens is 836 g/mol. The maximum atomic E-state index is 4.93. The van der Waals surface area contributed by atoms with Crippen LogP contribution in [0.5, 0.6) is 0 Å². The van der Waals surface area contributed by atoms with Crippen molar-refractivity contribution in [2.24, 2.45) is 17.3 Å². The molecule has 2 saturated carbocycles. The molecule has 10 rings (SSSR count). The molecule has 0 atom stereocenters. The van der Waals surface area contributed by atoms with Gasteiger partial charge in [0.15, 0.2) is 0 Å². The number of aromatic nitrogens is 2. The smallest absolute Gasteiger partial charge is 0.295 e. The second-order valence-electron chi connectivity index (χ2n) is 16.8. The molecular formula is C51H48N2Pt. The van der Waals surface area contributed by atoms with Gasteiger partial charge in [0.25, 0.3) is 0 Å². The third-order valence-electron chi connectivity index (χ3n) is 13.5.